The van der Waals surface area contributed by atoms with Gasteiger partial charge in [0.25, 0.3) is 0 Å². The molecule has 0 saturated carbocycles. The Hall–Kier alpha value is -0.276. The molecule has 6 heavy (non-hydrogen) atoms. The van der Waals surface area contributed by atoms with Crippen molar-refractivity contribution in [1.82, 2.24) is 15.4 Å². The molecule has 0 aliphatic carbocycles. The Morgan fingerprint density at radius 1 is 1.50 bits per heavy atom. The molecule has 1 heterocycles. The van der Waals surface area contributed by atoms with Crippen LogP contribution in [-0.4, -0.2) is 10.3 Å². The summed E-state index contributed by atoms with van der Waals surface area (Å²) >= 11 is 0. The van der Waals surface area contributed by atoms with E-state index < -0.39 is 0 Å². The standard InChI is InChI=1S/C2H2N3.V/c1-2-4-5-3-1;/h1-2H;/q-1;. The van der Waals surface area contributed by atoms with E-state index in [4.69, 9.17) is 0 Å². The third kappa shape index (κ3) is 1.24. The molecule has 1 radical (unpaired) electrons. The maximum absolute atomic E-state index is 3.36. The molecule has 0 spiro atoms. The van der Waals surface area contributed by atoms with Crippen LogP contribution < -0.4 is 5.10 Å². The number of aromatic nitrogens is 3. The van der Waals surface area contributed by atoms with Crippen molar-refractivity contribution in [2.45, 2.75) is 0 Å². The Morgan fingerprint density at radius 3 is 2.50 bits per heavy atom. The Labute approximate surface area is 47.0 Å². The Morgan fingerprint density at radius 2 is 2.33 bits per heavy atom. The van der Waals surface area contributed by atoms with Crippen molar-refractivity contribution in [2.24, 2.45) is 0 Å². The first-order valence-corrected chi connectivity index (χ1v) is 1.25. The molecular weight excluding hydrogens is 117 g/mol. The molecule has 1 aromatic heterocycles. The van der Waals surface area contributed by atoms with Crippen molar-refractivity contribution < 1.29 is 18.6 Å². The number of hydrogen-bond acceptors (Lipinski definition) is 2. The zero-order chi connectivity index (χ0) is 3.54. The predicted octanol–water partition coefficient (Wildman–Crippen LogP) is -0.569. The van der Waals surface area contributed by atoms with Gasteiger partial charge in [-0.2, -0.15) is 0 Å². The summed E-state index contributed by atoms with van der Waals surface area (Å²) in [5.41, 5.74) is 0. The molecule has 0 bridgehead atoms. The van der Waals surface area contributed by atoms with Crippen LogP contribution in [0.15, 0.2) is 12.4 Å². The Kier molecular flexibility index (Phi) is 2.80. The minimum absolute atomic E-state index is 0. The molecule has 0 unspecified atom stereocenters. The number of nitrogens with zero attached hydrogens (tertiary/aromatic N) is 3. The Balaban J connectivity index is 0.000000250. The van der Waals surface area contributed by atoms with Gasteiger partial charge < -0.3 is 10.2 Å². The van der Waals surface area contributed by atoms with Crippen molar-refractivity contribution in [3.05, 3.63) is 12.4 Å². The van der Waals surface area contributed by atoms with Crippen molar-refractivity contribution in [3.63, 3.8) is 0 Å². The number of rotatable bonds is 0. The summed E-state index contributed by atoms with van der Waals surface area (Å²) < 4.78 is 0. The molecule has 0 fully saturated rings. The molecule has 0 saturated heterocycles. The van der Waals surface area contributed by atoms with Gasteiger partial charge in [-0.1, -0.05) is 12.4 Å². The van der Waals surface area contributed by atoms with E-state index in [0.717, 1.165) is 0 Å². The first kappa shape index (κ1) is 5.72. The first-order valence-electron chi connectivity index (χ1n) is 1.25. The van der Waals surface area contributed by atoms with Crippen LogP contribution in [0.2, 0.25) is 0 Å². The van der Waals surface area contributed by atoms with Gasteiger partial charge in [-0.25, -0.2) is 0 Å². The fraction of sp³-hybridized carbons (Fsp3) is 0. The zero-order valence-corrected chi connectivity index (χ0v) is 4.34. The van der Waals surface area contributed by atoms with Gasteiger partial charge in [-0.05, 0) is 0 Å². The van der Waals surface area contributed by atoms with Crippen LogP contribution >= 0.6 is 0 Å². The van der Waals surface area contributed by atoms with E-state index in [0.29, 0.717) is 0 Å². The molecule has 0 aliphatic rings. The van der Waals surface area contributed by atoms with Crippen LogP contribution in [0.1, 0.15) is 0 Å². The van der Waals surface area contributed by atoms with Crippen LogP contribution in [0.5, 0.6) is 0 Å². The van der Waals surface area contributed by atoms with E-state index >= 15 is 0 Å². The summed E-state index contributed by atoms with van der Waals surface area (Å²) in [4.78, 5) is 0. The summed E-state index contributed by atoms with van der Waals surface area (Å²) in [6, 6.07) is 0. The average molecular weight is 119 g/mol. The van der Waals surface area contributed by atoms with Gasteiger partial charge in [0.1, 0.15) is 0 Å². The van der Waals surface area contributed by atoms with Crippen molar-refractivity contribution in [3.8, 4) is 0 Å². The maximum Gasteiger partial charge on any atom is 0 e. The normalized spacial score (nSPS) is 6.67. The van der Waals surface area contributed by atoms with Gasteiger partial charge in [-0.3, -0.25) is 5.21 Å². The van der Waals surface area contributed by atoms with E-state index in [1.165, 1.54) is 12.4 Å². The largest absolute Gasteiger partial charge is 0.359 e. The molecule has 31 valence electrons. The zero-order valence-electron chi connectivity index (χ0n) is 2.94. The molecule has 0 atom stereocenters. The van der Waals surface area contributed by atoms with Gasteiger partial charge in [0, 0.05) is 18.6 Å². The predicted molar refractivity (Wildman–Crippen MR) is 15.4 cm³/mol. The fourth-order valence-corrected chi connectivity index (χ4v) is 0.149. The van der Waals surface area contributed by atoms with E-state index in [1.54, 1.807) is 0 Å². The molecule has 0 aliphatic heterocycles. The molecule has 0 N–H and O–H groups in total. The third-order valence-corrected chi connectivity index (χ3v) is 0.303. The SMILES string of the molecule is [V].c1c[n-]nn1. The second-order valence-electron chi connectivity index (χ2n) is 0.619. The van der Waals surface area contributed by atoms with Crippen LogP contribution in [0.25, 0.3) is 0 Å². The first-order chi connectivity index (χ1) is 2.50. The molecule has 1 aromatic rings. The molecule has 3 nitrogen and oxygen atoms in total. The maximum atomic E-state index is 3.36. The van der Waals surface area contributed by atoms with Crippen molar-refractivity contribution in [1.29, 1.82) is 0 Å². The fourth-order valence-electron chi connectivity index (χ4n) is 0.149. The minimum Gasteiger partial charge on any atom is -0.359 e. The molecular formula is C2H2N3V-. The van der Waals surface area contributed by atoms with Crippen LogP contribution in [-0.2, 0) is 18.6 Å². The summed E-state index contributed by atoms with van der Waals surface area (Å²) in [5.74, 6) is 0. The monoisotopic (exact) mass is 119 g/mol. The molecule has 1 rings (SSSR count). The summed E-state index contributed by atoms with van der Waals surface area (Å²) in [5, 5.41) is 9.94. The van der Waals surface area contributed by atoms with E-state index in [-0.39, 0.29) is 18.6 Å². The average Bonchev–Trinajstić information content (AvgIpc) is 1.76. The van der Waals surface area contributed by atoms with Gasteiger partial charge in [-0.15, -0.1) is 0 Å². The smallest absolute Gasteiger partial charge is 0 e. The van der Waals surface area contributed by atoms with Crippen LogP contribution in [0.3, 0.4) is 0 Å². The van der Waals surface area contributed by atoms with E-state index in [9.17, 15) is 0 Å². The van der Waals surface area contributed by atoms with Crippen LogP contribution in [0, 0.1) is 0 Å². The molecule has 0 aromatic carbocycles. The quantitative estimate of drug-likeness (QED) is 0.459. The second kappa shape index (κ2) is 2.94. The van der Waals surface area contributed by atoms with Gasteiger partial charge in [0.15, 0.2) is 0 Å². The van der Waals surface area contributed by atoms with E-state index in [2.05, 4.69) is 15.4 Å². The molecule has 0 amide bonds. The topological polar surface area (TPSA) is 39.9 Å². The van der Waals surface area contributed by atoms with Crippen LogP contribution in [0.4, 0.5) is 0 Å². The third-order valence-electron chi connectivity index (χ3n) is 0.303. The number of hydrogen-bond donors (Lipinski definition) is 0. The second-order valence-corrected chi connectivity index (χ2v) is 0.619. The minimum atomic E-state index is 0. The molecule has 4 heteroatoms. The summed E-state index contributed by atoms with van der Waals surface area (Å²) in [6.45, 7) is 0. The summed E-state index contributed by atoms with van der Waals surface area (Å²) in [7, 11) is 0. The Bertz CT molecular complexity index is 65.3. The summed E-state index contributed by atoms with van der Waals surface area (Å²) in [6.07, 6.45) is 3.06. The van der Waals surface area contributed by atoms with Crippen molar-refractivity contribution in [2.75, 3.05) is 0 Å². The van der Waals surface area contributed by atoms with Gasteiger partial charge in [0.05, 0.1) is 0 Å². The van der Waals surface area contributed by atoms with Gasteiger partial charge in [0.2, 0.25) is 0 Å². The van der Waals surface area contributed by atoms with E-state index in [1.807, 2.05) is 0 Å². The van der Waals surface area contributed by atoms with Gasteiger partial charge >= 0.3 is 0 Å². The van der Waals surface area contributed by atoms with Crippen molar-refractivity contribution >= 4 is 0 Å².